The Morgan fingerprint density at radius 1 is 1.56 bits per heavy atom. The first-order valence-corrected chi connectivity index (χ1v) is 5.67. The second kappa shape index (κ2) is 6.11. The van der Waals surface area contributed by atoms with Gasteiger partial charge in [-0.1, -0.05) is 13.0 Å². The van der Waals surface area contributed by atoms with Crippen LogP contribution in [-0.4, -0.2) is 28.6 Å². The first-order valence-electron chi connectivity index (χ1n) is 5.67. The van der Waals surface area contributed by atoms with Gasteiger partial charge in [-0.3, -0.25) is 14.9 Å². The number of hydrogen-bond donors (Lipinski definition) is 2. The van der Waals surface area contributed by atoms with E-state index >= 15 is 0 Å². The number of amides is 1. The summed E-state index contributed by atoms with van der Waals surface area (Å²) in [4.78, 5) is 21.9. The van der Waals surface area contributed by atoms with Crippen molar-refractivity contribution in [3.8, 4) is 0 Å². The molecule has 1 unspecified atom stereocenters. The minimum atomic E-state index is -0.604. The zero-order chi connectivity index (χ0) is 13.7. The van der Waals surface area contributed by atoms with Crippen molar-refractivity contribution in [2.24, 2.45) is 0 Å². The fraction of sp³-hybridized carbons (Fsp3) is 0.417. The Hall–Kier alpha value is -1.95. The number of hydrogen-bond acceptors (Lipinski definition) is 4. The van der Waals surface area contributed by atoms with E-state index in [2.05, 4.69) is 5.32 Å². The summed E-state index contributed by atoms with van der Waals surface area (Å²) >= 11 is 0. The van der Waals surface area contributed by atoms with Crippen molar-refractivity contribution < 1.29 is 14.8 Å². The van der Waals surface area contributed by atoms with Crippen LogP contribution in [0.1, 0.15) is 29.3 Å². The Balaban J connectivity index is 2.84. The summed E-state index contributed by atoms with van der Waals surface area (Å²) in [5.41, 5.74) is 0.790. The molecule has 0 fully saturated rings. The molecule has 0 bridgehead atoms. The normalized spacial score (nSPS) is 11.9. The summed E-state index contributed by atoms with van der Waals surface area (Å²) in [6.07, 6.45) is -0.0678. The SMILES string of the molecule is CCC(O)CNC(=O)c1cc([N+](=O)[O-])ccc1C. The summed E-state index contributed by atoms with van der Waals surface area (Å²) in [5.74, 6) is -0.413. The van der Waals surface area contributed by atoms with Crippen molar-refractivity contribution in [2.45, 2.75) is 26.4 Å². The molecule has 0 aliphatic carbocycles. The van der Waals surface area contributed by atoms with E-state index in [0.717, 1.165) is 0 Å². The van der Waals surface area contributed by atoms with Crippen LogP contribution in [0.2, 0.25) is 0 Å². The van der Waals surface area contributed by atoms with Gasteiger partial charge in [-0.2, -0.15) is 0 Å². The minimum Gasteiger partial charge on any atom is -0.391 e. The van der Waals surface area contributed by atoms with Crippen LogP contribution in [0.25, 0.3) is 0 Å². The fourth-order valence-corrected chi connectivity index (χ4v) is 1.42. The Morgan fingerprint density at radius 2 is 2.22 bits per heavy atom. The Kier molecular flexibility index (Phi) is 4.79. The molecule has 0 aromatic heterocycles. The highest BCUT2D eigenvalue weighted by molar-refractivity contribution is 5.96. The van der Waals surface area contributed by atoms with Gasteiger partial charge in [0.1, 0.15) is 0 Å². The summed E-state index contributed by atoms with van der Waals surface area (Å²) in [6.45, 7) is 3.64. The van der Waals surface area contributed by atoms with Gasteiger partial charge in [-0.05, 0) is 18.9 Å². The zero-order valence-corrected chi connectivity index (χ0v) is 10.3. The predicted molar refractivity (Wildman–Crippen MR) is 66.5 cm³/mol. The Labute approximate surface area is 105 Å². The molecule has 0 aliphatic rings. The van der Waals surface area contributed by atoms with Gasteiger partial charge in [-0.15, -0.1) is 0 Å². The minimum absolute atomic E-state index is 0.123. The van der Waals surface area contributed by atoms with E-state index in [-0.39, 0.29) is 17.8 Å². The van der Waals surface area contributed by atoms with Crippen molar-refractivity contribution in [1.29, 1.82) is 0 Å². The van der Waals surface area contributed by atoms with Crippen LogP contribution in [0, 0.1) is 17.0 Å². The van der Waals surface area contributed by atoms with Crippen LogP contribution < -0.4 is 5.32 Å². The molecule has 0 radical (unpaired) electrons. The van der Waals surface area contributed by atoms with Crippen molar-refractivity contribution in [1.82, 2.24) is 5.32 Å². The third kappa shape index (κ3) is 3.53. The van der Waals surface area contributed by atoms with E-state index in [1.54, 1.807) is 13.8 Å². The lowest BCUT2D eigenvalue weighted by Crippen LogP contribution is -2.32. The number of carbonyl (C=O) groups is 1. The van der Waals surface area contributed by atoms with Crippen LogP contribution in [0.15, 0.2) is 18.2 Å². The molecule has 0 saturated carbocycles. The molecule has 6 heteroatoms. The van der Waals surface area contributed by atoms with Crippen LogP contribution >= 0.6 is 0 Å². The molecule has 0 saturated heterocycles. The lowest BCUT2D eigenvalue weighted by atomic mass is 10.1. The molecule has 18 heavy (non-hydrogen) atoms. The average molecular weight is 252 g/mol. The van der Waals surface area contributed by atoms with Gasteiger partial charge in [0.05, 0.1) is 11.0 Å². The van der Waals surface area contributed by atoms with E-state index in [4.69, 9.17) is 0 Å². The highest BCUT2D eigenvalue weighted by atomic mass is 16.6. The summed E-state index contributed by atoms with van der Waals surface area (Å²) < 4.78 is 0. The molecular weight excluding hydrogens is 236 g/mol. The number of benzene rings is 1. The Bertz CT molecular complexity index is 459. The third-order valence-corrected chi connectivity index (χ3v) is 2.65. The molecule has 6 nitrogen and oxygen atoms in total. The highest BCUT2D eigenvalue weighted by Crippen LogP contribution is 2.17. The average Bonchev–Trinajstić information content (AvgIpc) is 2.35. The maximum Gasteiger partial charge on any atom is 0.270 e. The van der Waals surface area contributed by atoms with Crippen molar-refractivity contribution in [3.05, 3.63) is 39.4 Å². The van der Waals surface area contributed by atoms with Crippen LogP contribution in [0.3, 0.4) is 0 Å². The van der Waals surface area contributed by atoms with Gasteiger partial charge >= 0.3 is 0 Å². The number of rotatable bonds is 5. The zero-order valence-electron chi connectivity index (χ0n) is 10.3. The molecule has 0 heterocycles. The van der Waals surface area contributed by atoms with E-state index < -0.39 is 16.9 Å². The fourth-order valence-electron chi connectivity index (χ4n) is 1.42. The summed E-state index contributed by atoms with van der Waals surface area (Å²) in [6, 6.07) is 4.12. The maximum atomic E-state index is 11.8. The number of aliphatic hydroxyl groups is 1. The molecule has 0 spiro atoms. The number of nitrogens with zero attached hydrogens (tertiary/aromatic N) is 1. The van der Waals surface area contributed by atoms with E-state index in [9.17, 15) is 20.0 Å². The van der Waals surface area contributed by atoms with Gasteiger partial charge in [0.15, 0.2) is 0 Å². The number of aryl methyl sites for hydroxylation is 1. The van der Waals surface area contributed by atoms with Crippen LogP contribution in [-0.2, 0) is 0 Å². The first kappa shape index (κ1) is 14.1. The number of nitro benzene ring substituents is 1. The highest BCUT2D eigenvalue weighted by Gasteiger charge is 2.15. The summed E-state index contributed by atoms with van der Waals surface area (Å²) in [7, 11) is 0. The molecule has 1 atom stereocenters. The molecule has 0 aliphatic heterocycles. The van der Waals surface area contributed by atoms with Crippen molar-refractivity contribution >= 4 is 11.6 Å². The van der Waals surface area contributed by atoms with E-state index in [0.29, 0.717) is 12.0 Å². The van der Waals surface area contributed by atoms with Gasteiger partial charge in [0.25, 0.3) is 11.6 Å². The first-order chi connectivity index (χ1) is 8.45. The van der Waals surface area contributed by atoms with Gasteiger partial charge in [0.2, 0.25) is 0 Å². The largest absolute Gasteiger partial charge is 0.391 e. The van der Waals surface area contributed by atoms with Crippen LogP contribution in [0.5, 0.6) is 0 Å². The number of nitro groups is 1. The molecule has 2 N–H and O–H groups in total. The van der Waals surface area contributed by atoms with Gasteiger partial charge in [0, 0.05) is 24.2 Å². The Morgan fingerprint density at radius 3 is 2.78 bits per heavy atom. The van der Waals surface area contributed by atoms with E-state index in [1.807, 2.05) is 0 Å². The lowest BCUT2D eigenvalue weighted by Gasteiger charge is -2.10. The van der Waals surface area contributed by atoms with Gasteiger partial charge in [-0.25, -0.2) is 0 Å². The van der Waals surface area contributed by atoms with Crippen molar-refractivity contribution in [2.75, 3.05) is 6.54 Å². The van der Waals surface area contributed by atoms with E-state index in [1.165, 1.54) is 18.2 Å². The third-order valence-electron chi connectivity index (χ3n) is 2.65. The number of aliphatic hydroxyl groups excluding tert-OH is 1. The standard InChI is InChI=1S/C12H16N2O4/c1-3-10(15)7-13-12(16)11-6-9(14(17)18)5-4-8(11)2/h4-6,10,15H,3,7H2,1-2H3,(H,13,16). The van der Waals surface area contributed by atoms with Crippen molar-refractivity contribution in [3.63, 3.8) is 0 Å². The predicted octanol–water partition coefficient (Wildman–Crippen LogP) is 1.40. The molecule has 98 valence electrons. The monoisotopic (exact) mass is 252 g/mol. The number of carbonyl (C=O) groups excluding carboxylic acids is 1. The second-order valence-electron chi connectivity index (χ2n) is 4.03. The smallest absolute Gasteiger partial charge is 0.270 e. The maximum absolute atomic E-state index is 11.8. The molecular formula is C12H16N2O4. The summed E-state index contributed by atoms with van der Waals surface area (Å²) in [5, 5.41) is 22.5. The van der Waals surface area contributed by atoms with Crippen LogP contribution in [0.4, 0.5) is 5.69 Å². The number of nitrogens with one attached hydrogen (secondary N) is 1. The van der Waals surface area contributed by atoms with Gasteiger partial charge < -0.3 is 10.4 Å². The molecule has 1 aromatic rings. The molecule has 1 rings (SSSR count). The lowest BCUT2D eigenvalue weighted by molar-refractivity contribution is -0.384. The molecule has 1 aromatic carbocycles. The number of non-ortho nitro benzene ring substituents is 1. The second-order valence-corrected chi connectivity index (χ2v) is 4.03. The topological polar surface area (TPSA) is 92.5 Å². The quantitative estimate of drug-likeness (QED) is 0.612. The molecule has 1 amide bonds.